The SMILES string of the molecule is CC(C)(C)OC(=O)NCCCC[C@H](NC(=O)OCC1c2ccccc2-c2ccccc21)c1nnc(CC(N)=O)o1. The Bertz CT molecular complexity index is 1300. The summed E-state index contributed by atoms with van der Waals surface area (Å²) in [6, 6.07) is 15.5. The Morgan fingerprint density at radius 1 is 0.975 bits per heavy atom. The molecule has 1 aliphatic carbocycles. The van der Waals surface area contributed by atoms with E-state index in [1.165, 1.54) is 0 Å². The van der Waals surface area contributed by atoms with Gasteiger partial charge in [0.05, 0.1) is 0 Å². The molecular weight excluding hydrogens is 514 g/mol. The smallest absolute Gasteiger partial charge is 0.407 e. The van der Waals surface area contributed by atoms with Gasteiger partial charge in [0.15, 0.2) is 0 Å². The van der Waals surface area contributed by atoms with E-state index in [-0.39, 0.29) is 30.7 Å². The summed E-state index contributed by atoms with van der Waals surface area (Å²) in [4.78, 5) is 36.1. The van der Waals surface area contributed by atoms with Gasteiger partial charge >= 0.3 is 12.2 Å². The number of ether oxygens (including phenoxy) is 2. The van der Waals surface area contributed by atoms with Gasteiger partial charge in [0.25, 0.3) is 0 Å². The quantitative estimate of drug-likeness (QED) is 0.297. The second-order valence-corrected chi connectivity index (χ2v) is 10.6. The lowest BCUT2D eigenvalue weighted by Gasteiger charge is -2.20. The predicted molar refractivity (Wildman–Crippen MR) is 146 cm³/mol. The fourth-order valence-electron chi connectivity index (χ4n) is 4.65. The maximum atomic E-state index is 12.9. The lowest BCUT2D eigenvalue weighted by Crippen LogP contribution is -2.33. The van der Waals surface area contributed by atoms with Crippen LogP contribution in [0.4, 0.5) is 9.59 Å². The van der Waals surface area contributed by atoms with E-state index in [1.54, 1.807) is 20.8 Å². The van der Waals surface area contributed by atoms with E-state index in [4.69, 9.17) is 19.6 Å². The molecule has 0 saturated heterocycles. The Morgan fingerprint density at radius 2 is 1.62 bits per heavy atom. The molecule has 0 aliphatic heterocycles. The molecule has 1 aromatic heterocycles. The molecule has 0 spiro atoms. The zero-order chi connectivity index (χ0) is 28.7. The van der Waals surface area contributed by atoms with Gasteiger partial charge in [0.1, 0.15) is 24.7 Å². The number of benzene rings is 2. The van der Waals surface area contributed by atoms with Crippen LogP contribution in [-0.4, -0.2) is 47.0 Å². The lowest BCUT2D eigenvalue weighted by atomic mass is 9.98. The first-order valence-corrected chi connectivity index (χ1v) is 13.3. The number of nitrogens with one attached hydrogen (secondary N) is 2. The Kier molecular flexibility index (Phi) is 9.03. The molecule has 4 rings (SSSR count). The molecule has 0 fully saturated rings. The first-order chi connectivity index (χ1) is 19.1. The third-order valence-electron chi connectivity index (χ3n) is 6.33. The summed E-state index contributed by atoms with van der Waals surface area (Å²) in [6.45, 7) is 5.93. The number of nitrogens with zero attached hydrogens (tertiary/aromatic N) is 2. The van der Waals surface area contributed by atoms with Crippen LogP contribution in [0, 0.1) is 0 Å². The van der Waals surface area contributed by atoms with Gasteiger partial charge in [0, 0.05) is 12.5 Å². The molecule has 1 atom stereocenters. The van der Waals surface area contributed by atoms with Crippen molar-refractivity contribution < 1.29 is 28.3 Å². The van der Waals surface area contributed by atoms with Crippen LogP contribution in [0.25, 0.3) is 11.1 Å². The van der Waals surface area contributed by atoms with Gasteiger partial charge in [-0.3, -0.25) is 4.79 Å². The topological polar surface area (TPSA) is 159 Å². The van der Waals surface area contributed by atoms with Crippen LogP contribution in [-0.2, 0) is 20.7 Å². The maximum absolute atomic E-state index is 12.9. The predicted octanol–water partition coefficient (Wildman–Crippen LogP) is 4.37. The molecule has 4 N–H and O–H groups in total. The Morgan fingerprint density at radius 3 is 2.25 bits per heavy atom. The van der Waals surface area contributed by atoms with E-state index in [9.17, 15) is 14.4 Å². The first kappa shape index (κ1) is 28.6. The van der Waals surface area contributed by atoms with Crippen LogP contribution >= 0.6 is 0 Å². The second-order valence-electron chi connectivity index (χ2n) is 10.6. The molecule has 0 saturated carbocycles. The van der Waals surface area contributed by atoms with Crippen molar-refractivity contribution >= 4 is 18.1 Å². The Balaban J connectivity index is 1.36. The number of amides is 3. The standard InChI is InChI=1S/C29H35N5O6/c1-29(2,3)40-27(36)31-15-9-8-14-23(26-34-33-25(39-26)16-24(30)35)32-28(37)38-17-22-20-12-6-4-10-18(20)19-11-5-7-13-21(19)22/h4-7,10-13,22-23H,8-9,14-17H2,1-3H3,(H2,30,35)(H,31,36)(H,32,37)/t23-/m0/s1. The summed E-state index contributed by atoms with van der Waals surface area (Å²) in [5, 5.41) is 13.4. The molecule has 3 aromatic rings. The average molecular weight is 550 g/mol. The molecule has 1 heterocycles. The van der Waals surface area contributed by atoms with Crippen molar-refractivity contribution in [3.63, 3.8) is 0 Å². The van der Waals surface area contributed by atoms with Crippen molar-refractivity contribution in [2.45, 2.75) is 64.0 Å². The molecule has 2 aromatic carbocycles. The molecule has 40 heavy (non-hydrogen) atoms. The third kappa shape index (κ3) is 7.58. The van der Waals surface area contributed by atoms with E-state index in [1.807, 2.05) is 36.4 Å². The largest absolute Gasteiger partial charge is 0.449 e. The molecule has 11 nitrogen and oxygen atoms in total. The number of carbonyl (C=O) groups is 3. The van der Waals surface area contributed by atoms with Crippen molar-refractivity contribution in [1.29, 1.82) is 0 Å². The van der Waals surface area contributed by atoms with Crippen molar-refractivity contribution in [2.24, 2.45) is 5.73 Å². The summed E-state index contributed by atoms with van der Waals surface area (Å²) in [5.41, 5.74) is 9.15. The fraction of sp³-hybridized carbons (Fsp3) is 0.414. The molecule has 212 valence electrons. The Labute approximate surface area is 232 Å². The number of carbonyl (C=O) groups excluding carboxylic acids is 3. The summed E-state index contributed by atoms with van der Waals surface area (Å²) in [5.74, 6) is -0.483. The fourth-order valence-corrected chi connectivity index (χ4v) is 4.65. The number of unbranched alkanes of at least 4 members (excludes halogenated alkanes) is 1. The normalized spacial score (nSPS) is 13.2. The number of fused-ring (bicyclic) bond motifs is 3. The van der Waals surface area contributed by atoms with E-state index < -0.39 is 29.7 Å². The molecular formula is C29H35N5O6. The van der Waals surface area contributed by atoms with Crippen LogP contribution in [0.1, 0.15) is 74.9 Å². The lowest BCUT2D eigenvalue weighted by molar-refractivity contribution is -0.117. The van der Waals surface area contributed by atoms with Crippen LogP contribution in [0.5, 0.6) is 0 Å². The summed E-state index contributed by atoms with van der Waals surface area (Å²) >= 11 is 0. The summed E-state index contributed by atoms with van der Waals surface area (Å²) in [6.07, 6.45) is 0.326. The minimum absolute atomic E-state index is 0.0634. The van der Waals surface area contributed by atoms with Gasteiger partial charge < -0.3 is 30.3 Å². The average Bonchev–Trinajstić information content (AvgIpc) is 3.47. The highest BCUT2D eigenvalue weighted by Gasteiger charge is 2.30. The van der Waals surface area contributed by atoms with Crippen LogP contribution in [0.3, 0.4) is 0 Å². The zero-order valence-corrected chi connectivity index (χ0v) is 22.9. The number of aromatic nitrogens is 2. The molecule has 11 heteroatoms. The monoisotopic (exact) mass is 549 g/mol. The first-order valence-electron chi connectivity index (χ1n) is 13.3. The highest BCUT2D eigenvalue weighted by molar-refractivity contribution is 5.79. The van der Waals surface area contributed by atoms with E-state index in [0.717, 1.165) is 22.3 Å². The van der Waals surface area contributed by atoms with Crippen molar-refractivity contribution in [3.05, 3.63) is 71.4 Å². The minimum atomic E-state index is -0.661. The molecule has 0 radical (unpaired) electrons. The van der Waals surface area contributed by atoms with Crippen LogP contribution in [0.2, 0.25) is 0 Å². The van der Waals surface area contributed by atoms with Crippen LogP contribution < -0.4 is 16.4 Å². The number of nitrogens with two attached hydrogens (primary N) is 1. The number of alkyl carbamates (subject to hydrolysis) is 2. The number of rotatable bonds is 11. The zero-order valence-electron chi connectivity index (χ0n) is 22.9. The van der Waals surface area contributed by atoms with E-state index in [2.05, 4.69) is 33.0 Å². The molecule has 3 amide bonds. The number of hydrogen-bond donors (Lipinski definition) is 3. The van der Waals surface area contributed by atoms with E-state index >= 15 is 0 Å². The Hall–Kier alpha value is -4.41. The third-order valence-corrected chi connectivity index (χ3v) is 6.33. The second kappa shape index (κ2) is 12.6. The van der Waals surface area contributed by atoms with Crippen molar-refractivity contribution in [2.75, 3.05) is 13.2 Å². The van der Waals surface area contributed by atoms with Gasteiger partial charge in [-0.1, -0.05) is 48.5 Å². The van der Waals surface area contributed by atoms with Gasteiger partial charge in [-0.2, -0.15) is 0 Å². The molecule has 1 aliphatic rings. The number of hydrogen-bond acceptors (Lipinski definition) is 8. The van der Waals surface area contributed by atoms with Gasteiger partial charge in [-0.25, -0.2) is 9.59 Å². The molecule has 0 unspecified atom stereocenters. The van der Waals surface area contributed by atoms with Crippen molar-refractivity contribution in [1.82, 2.24) is 20.8 Å². The minimum Gasteiger partial charge on any atom is -0.449 e. The summed E-state index contributed by atoms with van der Waals surface area (Å²) < 4.78 is 16.5. The van der Waals surface area contributed by atoms with E-state index in [0.29, 0.717) is 25.8 Å². The van der Waals surface area contributed by atoms with Crippen molar-refractivity contribution in [3.8, 4) is 11.1 Å². The highest BCUT2D eigenvalue weighted by atomic mass is 16.6. The van der Waals surface area contributed by atoms with Gasteiger partial charge in [-0.05, 0) is 62.3 Å². The maximum Gasteiger partial charge on any atom is 0.407 e. The summed E-state index contributed by atoms with van der Waals surface area (Å²) in [7, 11) is 0. The number of primary amides is 1. The molecule has 0 bridgehead atoms. The van der Waals surface area contributed by atoms with Crippen LogP contribution in [0.15, 0.2) is 52.9 Å². The van der Waals surface area contributed by atoms with Gasteiger partial charge in [0.2, 0.25) is 17.7 Å². The van der Waals surface area contributed by atoms with Gasteiger partial charge in [-0.15, -0.1) is 10.2 Å². The highest BCUT2D eigenvalue weighted by Crippen LogP contribution is 2.44.